The number of rotatable bonds is 4. The highest BCUT2D eigenvalue weighted by Crippen LogP contribution is 2.21. The Morgan fingerprint density at radius 2 is 2.14 bits per heavy atom. The average molecular weight is 335 g/mol. The Labute approximate surface area is 131 Å². The first-order chi connectivity index (χ1) is 10.4. The zero-order valence-corrected chi connectivity index (χ0v) is 13.3. The summed E-state index contributed by atoms with van der Waals surface area (Å²) in [6.07, 6.45) is 2.86. The van der Waals surface area contributed by atoms with E-state index < -0.39 is 9.84 Å². The number of amides is 1. The van der Waals surface area contributed by atoms with Crippen LogP contribution in [0.15, 0.2) is 40.7 Å². The van der Waals surface area contributed by atoms with Gasteiger partial charge in [0.1, 0.15) is 4.21 Å². The quantitative estimate of drug-likeness (QED) is 0.762. The second kappa shape index (κ2) is 5.54. The number of aromatic nitrogens is 2. The van der Waals surface area contributed by atoms with Crippen molar-refractivity contribution >= 4 is 38.0 Å². The van der Waals surface area contributed by atoms with Gasteiger partial charge in [-0.25, -0.2) is 8.42 Å². The monoisotopic (exact) mass is 335 g/mol. The molecule has 2 heterocycles. The van der Waals surface area contributed by atoms with Gasteiger partial charge >= 0.3 is 0 Å². The van der Waals surface area contributed by atoms with E-state index in [0.29, 0.717) is 16.3 Å². The highest BCUT2D eigenvalue weighted by molar-refractivity contribution is 7.92. The molecule has 8 heteroatoms. The molecule has 0 saturated carbocycles. The highest BCUT2D eigenvalue weighted by Gasteiger charge is 2.12. The normalized spacial score (nSPS) is 11.7. The van der Waals surface area contributed by atoms with Crippen molar-refractivity contribution < 1.29 is 13.2 Å². The minimum Gasteiger partial charge on any atom is -0.347 e. The number of fused-ring (bicyclic) bond motifs is 1. The van der Waals surface area contributed by atoms with Crippen LogP contribution in [0.2, 0.25) is 0 Å². The summed E-state index contributed by atoms with van der Waals surface area (Å²) in [5.74, 6) is -0.217. The van der Waals surface area contributed by atoms with E-state index in [9.17, 15) is 13.2 Å². The van der Waals surface area contributed by atoms with Crippen molar-refractivity contribution in [2.45, 2.75) is 10.8 Å². The van der Waals surface area contributed by atoms with E-state index in [1.54, 1.807) is 30.5 Å². The van der Waals surface area contributed by atoms with Crippen LogP contribution in [0.5, 0.6) is 0 Å². The van der Waals surface area contributed by atoms with Gasteiger partial charge < -0.3 is 5.32 Å². The van der Waals surface area contributed by atoms with Crippen LogP contribution >= 0.6 is 11.3 Å². The summed E-state index contributed by atoms with van der Waals surface area (Å²) in [5, 5.41) is 10.4. The number of H-pyrrole nitrogens is 1. The molecule has 0 radical (unpaired) electrons. The molecule has 2 aromatic heterocycles. The third kappa shape index (κ3) is 3.02. The van der Waals surface area contributed by atoms with Crippen molar-refractivity contribution in [3.8, 4) is 0 Å². The number of hydrogen-bond donors (Lipinski definition) is 2. The van der Waals surface area contributed by atoms with Crippen molar-refractivity contribution in [3.63, 3.8) is 0 Å². The molecule has 0 aliphatic carbocycles. The van der Waals surface area contributed by atoms with Crippen molar-refractivity contribution in [2.24, 2.45) is 0 Å². The molecule has 0 aliphatic rings. The molecule has 114 valence electrons. The molecule has 3 rings (SSSR count). The number of benzene rings is 1. The molecular formula is C14H13N3O3S2. The van der Waals surface area contributed by atoms with Crippen molar-refractivity contribution in [3.05, 3.63) is 47.0 Å². The number of nitrogens with one attached hydrogen (secondary N) is 2. The molecule has 2 N–H and O–H groups in total. The maximum Gasteiger partial charge on any atom is 0.251 e. The van der Waals surface area contributed by atoms with E-state index in [-0.39, 0.29) is 5.91 Å². The molecule has 1 aromatic carbocycles. The van der Waals surface area contributed by atoms with Gasteiger partial charge in [-0.3, -0.25) is 9.89 Å². The summed E-state index contributed by atoms with van der Waals surface area (Å²) >= 11 is 1.16. The predicted octanol–water partition coefficient (Wildman–Crippen LogP) is 1.96. The Kier molecular flexibility index (Phi) is 3.71. The van der Waals surface area contributed by atoms with Gasteiger partial charge in [0.15, 0.2) is 9.84 Å². The van der Waals surface area contributed by atoms with Crippen LogP contribution in [0.3, 0.4) is 0 Å². The molecule has 0 atom stereocenters. The number of carbonyl (C=O) groups excluding carboxylic acids is 1. The molecule has 0 bridgehead atoms. The predicted molar refractivity (Wildman–Crippen MR) is 84.7 cm³/mol. The zero-order valence-electron chi connectivity index (χ0n) is 11.7. The van der Waals surface area contributed by atoms with E-state index in [1.807, 2.05) is 6.07 Å². The number of thiophene rings is 1. The summed E-state index contributed by atoms with van der Waals surface area (Å²) in [5.41, 5.74) is 1.32. The maximum atomic E-state index is 12.1. The lowest BCUT2D eigenvalue weighted by atomic mass is 10.1. The minimum atomic E-state index is -3.20. The lowest BCUT2D eigenvalue weighted by Gasteiger charge is -2.03. The largest absolute Gasteiger partial charge is 0.347 e. The number of aromatic amines is 1. The van der Waals surface area contributed by atoms with Gasteiger partial charge in [-0.15, -0.1) is 11.3 Å². The lowest BCUT2D eigenvalue weighted by Crippen LogP contribution is -2.22. The smallest absolute Gasteiger partial charge is 0.251 e. The maximum absolute atomic E-state index is 12.1. The van der Waals surface area contributed by atoms with E-state index in [2.05, 4.69) is 15.5 Å². The molecular weight excluding hydrogens is 322 g/mol. The molecule has 3 aromatic rings. The highest BCUT2D eigenvalue weighted by atomic mass is 32.2. The van der Waals surface area contributed by atoms with Gasteiger partial charge in [0, 0.05) is 22.1 Å². The first-order valence-corrected chi connectivity index (χ1v) is 9.14. The second-order valence-electron chi connectivity index (χ2n) is 4.85. The van der Waals surface area contributed by atoms with Crippen LogP contribution in [0.1, 0.15) is 15.2 Å². The average Bonchev–Trinajstić information content (AvgIpc) is 3.12. The van der Waals surface area contributed by atoms with E-state index in [4.69, 9.17) is 0 Å². The van der Waals surface area contributed by atoms with Crippen LogP contribution in [0, 0.1) is 0 Å². The first kappa shape index (κ1) is 14.7. The molecule has 6 nitrogen and oxygen atoms in total. The topological polar surface area (TPSA) is 91.9 Å². The summed E-state index contributed by atoms with van der Waals surface area (Å²) in [7, 11) is -3.20. The van der Waals surface area contributed by atoms with Gasteiger partial charge in [-0.2, -0.15) is 5.10 Å². The van der Waals surface area contributed by atoms with Crippen molar-refractivity contribution in [2.75, 3.05) is 6.26 Å². The molecule has 22 heavy (non-hydrogen) atoms. The van der Waals surface area contributed by atoms with E-state index in [0.717, 1.165) is 27.1 Å². The molecule has 1 amide bonds. The van der Waals surface area contributed by atoms with Crippen LogP contribution < -0.4 is 5.32 Å². The standard InChI is InChI=1S/C14H13N3O3S2/c1-22(19,20)13-5-4-11(21-13)8-15-14(18)9-2-3-10-7-16-17-12(10)6-9/h2-7H,8H2,1H3,(H,15,18)(H,16,17). The second-order valence-corrected chi connectivity index (χ2v) is 8.26. The van der Waals surface area contributed by atoms with Gasteiger partial charge in [0.2, 0.25) is 0 Å². The molecule has 0 fully saturated rings. The van der Waals surface area contributed by atoms with Crippen LogP contribution in [-0.4, -0.2) is 30.8 Å². The number of sulfone groups is 1. The SMILES string of the molecule is CS(=O)(=O)c1ccc(CNC(=O)c2ccc3cn[nH]c3c2)s1. The summed E-state index contributed by atoms with van der Waals surface area (Å²) in [4.78, 5) is 12.9. The fourth-order valence-corrected chi connectivity index (χ4v) is 3.92. The zero-order chi connectivity index (χ0) is 15.7. The van der Waals surface area contributed by atoms with Gasteiger partial charge in [0.25, 0.3) is 5.91 Å². The number of nitrogens with zero attached hydrogens (tertiary/aromatic N) is 1. The Morgan fingerprint density at radius 1 is 1.32 bits per heavy atom. The number of carbonyl (C=O) groups is 1. The third-order valence-electron chi connectivity index (χ3n) is 3.13. The molecule has 0 aliphatic heterocycles. The summed E-state index contributed by atoms with van der Waals surface area (Å²) < 4.78 is 23.1. The fourth-order valence-electron chi connectivity index (χ4n) is 2.00. The Morgan fingerprint density at radius 3 is 2.86 bits per heavy atom. The van der Waals surface area contributed by atoms with E-state index in [1.165, 1.54) is 6.26 Å². The third-order valence-corrected chi connectivity index (χ3v) is 6.03. The van der Waals surface area contributed by atoms with E-state index >= 15 is 0 Å². The molecule has 0 saturated heterocycles. The van der Waals surface area contributed by atoms with Crippen LogP contribution in [0.4, 0.5) is 0 Å². The summed E-state index contributed by atoms with van der Waals surface area (Å²) in [6, 6.07) is 8.54. The Bertz CT molecular complexity index is 941. The van der Waals surface area contributed by atoms with Crippen LogP contribution in [0.25, 0.3) is 10.9 Å². The number of hydrogen-bond acceptors (Lipinski definition) is 5. The van der Waals surface area contributed by atoms with Crippen LogP contribution in [-0.2, 0) is 16.4 Å². The fraction of sp³-hybridized carbons (Fsp3) is 0.143. The molecule has 0 unspecified atom stereocenters. The lowest BCUT2D eigenvalue weighted by molar-refractivity contribution is 0.0951. The van der Waals surface area contributed by atoms with Gasteiger partial charge in [-0.1, -0.05) is 6.07 Å². The Balaban J connectivity index is 1.70. The van der Waals surface area contributed by atoms with Crippen molar-refractivity contribution in [1.29, 1.82) is 0 Å². The van der Waals surface area contributed by atoms with Gasteiger partial charge in [-0.05, 0) is 24.3 Å². The summed E-state index contributed by atoms with van der Waals surface area (Å²) in [6.45, 7) is 0.292. The van der Waals surface area contributed by atoms with Crippen molar-refractivity contribution in [1.82, 2.24) is 15.5 Å². The van der Waals surface area contributed by atoms with Gasteiger partial charge in [0.05, 0.1) is 18.3 Å². The minimum absolute atomic E-state index is 0.217. The first-order valence-electron chi connectivity index (χ1n) is 6.43. The molecule has 0 spiro atoms. The Hall–Kier alpha value is -2.19.